The first-order chi connectivity index (χ1) is 8.85. The minimum atomic E-state index is -0.232. The first-order valence-corrected chi connectivity index (χ1v) is 7.32. The van der Waals surface area contributed by atoms with Crippen molar-refractivity contribution in [2.24, 2.45) is 0 Å². The van der Waals surface area contributed by atoms with Crippen LogP contribution in [-0.2, 0) is 22.2 Å². The number of fused-ring (bicyclic) bond motifs is 1. The lowest BCUT2D eigenvalue weighted by atomic mass is 9.72. The quantitative estimate of drug-likeness (QED) is 0.721. The van der Waals surface area contributed by atoms with E-state index in [1.54, 1.807) is 0 Å². The lowest BCUT2D eigenvalue weighted by molar-refractivity contribution is -0.0716. The Balaban J connectivity index is 1.89. The van der Waals surface area contributed by atoms with E-state index in [9.17, 15) is 0 Å². The normalized spacial score (nSPS) is 24.3. The molecule has 0 N–H and O–H groups in total. The van der Waals surface area contributed by atoms with Crippen molar-refractivity contribution in [3.8, 4) is 0 Å². The summed E-state index contributed by atoms with van der Waals surface area (Å²) in [5.74, 6) is 0. The van der Waals surface area contributed by atoms with Gasteiger partial charge < -0.3 is 9.31 Å². The summed E-state index contributed by atoms with van der Waals surface area (Å²) in [5.41, 5.74) is 3.88. The highest BCUT2D eigenvalue weighted by Crippen LogP contribution is 2.33. The minimum absolute atomic E-state index is 0.134. The van der Waals surface area contributed by atoms with Crippen LogP contribution in [0.4, 0.5) is 0 Å². The predicted octanol–water partition coefficient (Wildman–Crippen LogP) is 2.86. The van der Waals surface area contributed by atoms with Gasteiger partial charge in [0.25, 0.3) is 0 Å². The Morgan fingerprint density at radius 1 is 0.947 bits per heavy atom. The van der Waals surface area contributed by atoms with Crippen LogP contribution >= 0.6 is 0 Å². The maximum Gasteiger partial charge on any atom is 0.494 e. The third-order valence-electron chi connectivity index (χ3n) is 4.10. The van der Waals surface area contributed by atoms with E-state index in [4.69, 9.17) is 9.31 Å². The van der Waals surface area contributed by atoms with Crippen molar-refractivity contribution in [1.29, 1.82) is 0 Å². The van der Waals surface area contributed by atoms with Crippen molar-refractivity contribution in [1.82, 2.24) is 0 Å². The van der Waals surface area contributed by atoms with Crippen molar-refractivity contribution in [2.45, 2.75) is 64.6 Å². The van der Waals surface area contributed by atoms with Gasteiger partial charge in [-0.15, -0.1) is 0 Å². The summed E-state index contributed by atoms with van der Waals surface area (Å²) in [6.45, 7) is 8.60. The average Bonchev–Trinajstić information content (AvgIpc) is 2.71. The zero-order chi connectivity index (χ0) is 13.7. The molecule has 0 radical (unpaired) electrons. The van der Waals surface area contributed by atoms with Gasteiger partial charge in [0, 0.05) is 6.42 Å². The second-order valence-corrected chi connectivity index (χ2v) is 7.15. The first-order valence-electron chi connectivity index (χ1n) is 7.32. The van der Waals surface area contributed by atoms with E-state index < -0.39 is 0 Å². The summed E-state index contributed by atoms with van der Waals surface area (Å²) in [6.07, 6.45) is 4.62. The molecule has 0 unspecified atom stereocenters. The molecule has 1 fully saturated rings. The van der Waals surface area contributed by atoms with Gasteiger partial charge in [-0.25, -0.2) is 0 Å². The highest BCUT2D eigenvalue weighted by Gasteiger charge is 2.43. The fraction of sp³-hybridized carbons (Fsp3) is 0.625. The lowest BCUT2D eigenvalue weighted by Crippen LogP contribution is -2.56. The zero-order valence-corrected chi connectivity index (χ0v) is 12.5. The molecule has 1 aromatic rings. The van der Waals surface area contributed by atoms with Gasteiger partial charge in [0.1, 0.15) is 0 Å². The maximum absolute atomic E-state index is 6.13. The number of hydrogen-bond donors (Lipinski definition) is 0. The Hall–Kier alpha value is -0.795. The summed E-state index contributed by atoms with van der Waals surface area (Å²) in [7, 11) is -0.232. The monoisotopic (exact) mass is 258 g/mol. The van der Waals surface area contributed by atoms with Crippen molar-refractivity contribution < 1.29 is 9.31 Å². The van der Waals surface area contributed by atoms with Crippen LogP contribution in [0.5, 0.6) is 0 Å². The maximum atomic E-state index is 6.13. The molecule has 3 rings (SSSR count). The smallest absolute Gasteiger partial charge is 0.402 e. The van der Waals surface area contributed by atoms with Crippen molar-refractivity contribution in [3.05, 3.63) is 29.3 Å². The summed E-state index contributed by atoms with van der Waals surface area (Å²) >= 11 is 0. The molecule has 1 heterocycles. The molecule has 102 valence electrons. The fourth-order valence-electron chi connectivity index (χ4n) is 3.59. The molecule has 0 spiro atoms. The second kappa shape index (κ2) is 4.36. The van der Waals surface area contributed by atoms with Crippen LogP contribution in [-0.4, -0.2) is 18.3 Å². The number of benzene rings is 1. The van der Waals surface area contributed by atoms with Crippen molar-refractivity contribution >= 4 is 12.6 Å². The van der Waals surface area contributed by atoms with Gasteiger partial charge in [0.05, 0.1) is 11.2 Å². The minimum Gasteiger partial charge on any atom is -0.402 e. The van der Waals surface area contributed by atoms with Gasteiger partial charge >= 0.3 is 7.12 Å². The van der Waals surface area contributed by atoms with E-state index >= 15 is 0 Å². The Morgan fingerprint density at radius 2 is 1.58 bits per heavy atom. The summed E-state index contributed by atoms with van der Waals surface area (Å²) < 4.78 is 12.3. The molecule has 0 atom stereocenters. The molecule has 0 amide bonds. The summed E-state index contributed by atoms with van der Waals surface area (Å²) in [5, 5.41) is 0. The standard InChI is InChI=1S/C16H23BO2/c1-15(2)11-16(3,4)19-17(18-15)14-9-8-12-6-5-7-13(12)10-14/h8-10H,5-7,11H2,1-4H3. The summed E-state index contributed by atoms with van der Waals surface area (Å²) in [6, 6.07) is 6.70. The Labute approximate surface area is 116 Å². The molecule has 1 aromatic carbocycles. The molecule has 1 aliphatic carbocycles. The van der Waals surface area contributed by atoms with Gasteiger partial charge in [-0.1, -0.05) is 18.2 Å². The van der Waals surface area contributed by atoms with E-state index in [0.717, 1.165) is 6.42 Å². The molecule has 1 saturated heterocycles. The number of hydrogen-bond acceptors (Lipinski definition) is 2. The van der Waals surface area contributed by atoms with Gasteiger partial charge in [-0.05, 0) is 63.5 Å². The largest absolute Gasteiger partial charge is 0.494 e. The van der Waals surface area contributed by atoms with Gasteiger partial charge in [0.2, 0.25) is 0 Å². The van der Waals surface area contributed by atoms with Crippen LogP contribution in [0.15, 0.2) is 18.2 Å². The molecule has 0 saturated carbocycles. The summed E-state index contributed by atoms with van der Waals surface area (Å²) in [4.78, 5) is 0. The molecule has 1 aliphatic heterocycles. The van der Waals surface area contributed by atoms with Crippen LogP contribution in [0.2, 0.25) is 0 Å². The van der Waals surface area contributed by atoms with E-state index in [1.807, 2.05) is 0 Å². The highest BCUT2D eigenvalue weighted by atomic mass is 16.6. The molecule has 2 aliphatic rings. The van der Waals surface area contributed by atoms with Crippen molar-refractivity contribution in [3.63, 3.8) is 0 Å². The predicted molar refractivity (Wildman–Crippen MR) is 78.8 cm³/mol. The van der Waals surface area contributed by atoms with Crippen LogP contribution < -0.4 is 5.46 Å². The third-order valence-corrected chi connectivity index (χ3v) is 4.10. The zero-order valence-electron chi connectivity index (χ0n) is 12.5. The fourth-order valence-corrected chi connectivity index (χ4v) is 3.59. The van der Waals surface area contributed by atoms with E-state index in [2.05, 4.69) is 45.9 Å². The van der Waals surface area contributed by atoms with E-state index in [1.165, 1.54) is 35.9 Å². The van der Waals surface area contributed by atoms with Crippen molar-refractivity contribution in [2.75, 3.05) is 0 Å². The number of rotatable bonds is 1. The van der Waals surface area contributed by atoms with Crippen LogP contribution in [0.25, 0.3) is 0 Å². The van der Waals surface area contributed by atoms with Gasteiger partial charge in [-0.2, -0.15) is 0 Å². The Kier molecular flexibility index (Phi) is 3.03. The first kappa shape index (κ1) is 13.2. The lowest BCUT2D eigenvalue weighted by Gasteiger charge is -2.44. The van der Waals surface area contributed by atoms with Gasteiger partial charge in [-0.3, -0.25) is 0 Å². The molecule has 19 heavy (non-hydrogen) atoms. The second-order valence-electron chi connectivity index (χ2n) is 7.15. The van der Waals surface area contributed by atoms with Gasteiger partial charge in [0.15, 0.2) is 0 Å². The average molecular weight is 258 g/mol. The highest BCUT2D eigenvalue weighted by molar-refractivity contribution is 6.61. The third kappa shape index (κ3) is 2.73. The number of aryl methyl sites for hydroxylation is 2. The molecular weight excluding hydrogens is 235 g/mol. The molecular formula is C16H23BO2. The Morgan fingerprint density at radius 3 is 2.26 bits per heavy atom. The SMILES string of the molecule is CC1(C)CC(C)(C)OB(c2ccc3c(c2)CCC3)O1. The Bertz CT molecular complexity index is 478. The molecule has 3 heteroatoms. The van der Waals surface area contributed by atoms with E-state index in [-0.39, 0.29) is 18.3 Å². The van der Waals surface area contributed by atoms with Crippen LogP contribution in [0.1, 0.15) is 51.7 Å². The van der Waals surface area contributed by atoms with Crippen LogP contribution in [0, 0.1) is 0 Å². The molecule has 2 nitrogen and oxygen atoms in total. The van der Waals surface area contributed by atoms with Crippen LogP contribution in [0.3, 0.4) is 0 Å². The van der Waals surface area contributed by atoms with E-state index in [0.29, 0.717) is 0 Å². The molecule has 0 bridgehead atoms. The molecule has 0 aromatic heterocycles. The topological polar surface area (TPSA) is 18.5 Å².